The highest BCUT2D eigenvalue weighted by Crippen LogP contribution is 2.29. The van der Waals surface area contributed by atoms with E-state index in [1.165, 1.54) is 61.8 Å². The van der Waals surface area contributed by atoms with Crippen LogP contribution in [-0.2, 0) is 13.1 Å². The second-order valence-electron chi connectivity index (χ2n) is 9.19. The summed E-state index contributed by atoms with van der Waals surface area (Å²) in [5, 5.41) is 13.8. The maximum atomic E-state index is 12.8. The third-order valence-electron chi connectivity index (χ3n) is 7.04. The van der Waals surface area contributed by atoms with Gasteiger partial charge >= 0.3 is 0 Å². The number of rotatable bonds is 6. The molecule has 1 aromatic carbocycles. The van der Waals surface area contributed by atoms with E-state index < -0.39 is 0 Å². The maximum absolute atomic E-state index is 12.8. The van der Waals surface area contributed by atoms with Gasteiger partial charge in [0.2, 0.25) is 5.82 Å². The van der Waals surface area contributed by atoms with E-state index in [4.69, 9.17) is 0 Å². The fourth-order valence-electron chi connectivity index (χ4n) is 5.40. The fraction of sp³-hybridized carbons (Fsp3) is 0.565. The Morgan fingerprint density at radius 1 is 1.07 bits per heavy atom. The molecule has 30 heavy (non-hydrogen) atoms. The molecule has 2 aliphatic carbocycles. The maximum Gasteiger partial charge on any atom is 0.257 e. The molecule has 5 rings (SSSR count). The zero-order chi connectivity index (χ0) is 20.5. The number of H-pyrrole nitrogens is 1. The molecule has 3 aromatic rings. The lowest BCUT2D eigenvalue weighted by atomic mass is 10.1. The number of nitrogens with zero attached hydrogens (tertiary/aromatic N) is 4. The lowest BCUT2D eigenvalue weighted by molar-refractivity contribution is -0.952. The minimum absolute atomic E-state index is 0.0252. The first-order valence-electron chi connectivity index (χ1n) is 11.4. The Bertz CT molecular complexity index is 1070. The summed E-state index contributed by atoms with van der Waals surface area (Å²) in [5.74, 6) is 0.969. The first kappa shape index (κ1) is 19.4. The van der Waals surface area contributed by atoms with Gasteiger partial charge < -0.3 is 9.88 Å². The van der Waals surface area contributed by atoms with Gasteiger partial charge in [-0.1, -0.05) is 24.5 Å². The second-order valence-corrected chi connectivity index (χ2v) is 9.19. The van der Waals surface area contributed by atoms with E-state index in [2.05, 4.69) is 44.2 Å². The monoisotopic (exact) mass is 407 g/mol. The molecule has 2 aromatic heterocycles. The molecule has 7 nitrogen and oxygen atoms in total. The molecular formula is C23H31N6O+. The van der Waals surface area contributed by atoms with Crippen LogP contribution >= 0.6 is 0 Å². The molecule has 0 amide bonds. The summed E-state index contributed by atoms with van der Waals surface area (Å²) in [6, 6.07) is 9.25. The van der Waals surface area contributed by atoms with Gasteiger partial charge in [-0.2, -0.15) is 0 Å². The molecule has 1 unspecified atom stereocenters. The van der Waals surface area contributed by atoms with Crippen molar-refractivity contribution in [2.75, 3.05) is 0 Å². The van der Waals surface area contributed by atoms with Crippen molar-refractivity contribution in [3.63, 3.8) is 0 Å². The quantitative estimate of drug-likeness (QED) is 0.658. The molecule has 0 saturated heterocycles. The summed E-state index contributed by atoms with van der Waals surface area (Å²) in [4.78, 5) is 17.3. The van der Waals surface area contributed by atoms with E-state index in [9.17, 15) is 4.79 Å². The average Bonchev–Trinajstić information content (AvgIpc) is 3.50. The Hall–Kier alpha value is -2.54. The second kappa shape index (κ2) is 8.30. The van der Waals surface area contributed by atoms with Gasteiger partial charge in [0.15, 0.2) is 0 Å². The molecule has 2 fully saturated rings. The van der Waals surface area contributed by atoms with Crippen LogP contribution in [0.4, 0.5) is 0 Å². The number of aryl methyl sites for hydroxylation is 1. The van der Waals surface area contributed by atoms with Crippen LogP contribution in [-0.4, -0.2) is 31.2 Å². The number of fused-ring (bicyclic) bond motifs is 1. The van der Waals surface area contributed by atoms with Crippen molar-refractivity contribution in [2.45, 2.75) is 83.5 Å². The zero-order valence-corrected chi connectivity index (χ0v) is 17.7. The normalized spacial score (nSPS) is 19.1. The minimum atomic E-state index is 0.0252. The molecule has 2 saturated carbocycles. The summed E-state index contributed by atoms with van der Waals surface area (Å²) < 4.78 is 2.07. The summed E-state index contributed by atoms with van der Waals surface area (Å²) >= 11 is 0. The van der Waals surface area contributed by atoms with Crippen molar-refractivity contribution < 1.29 is 4.90 Å². The first-order chi connectivity index (χ1) is 14.7. The Balaban J connectivity index is 1.44. The Kier molecular flexibility index (Phi) is 5.37. The lowest BCUT2D eigenvalue weighted by Gasteiger charge is -2.25. The number of hydrogen-bond acceptors (Lipinski definition) is 4. The predicted molar refractivity (Wildman–Crippen MR) is 115 cm³/mol. The molecule has 158 valence electrons. The Morgan fingerprint density at radius 3 is 2.63 bits per heavy atom. The van der Waals surface area contributed by atoms with Gasteiger partial charge in [-0.3, -0.25) is 4.79 Å². The van der Waals surface area contributed by atoms with Gasteiger partial charge in [-0.25, -0.2) is 4.68 Å². The predicted octanol–water partition coefficient (Wildman–Crippen LogP) is 2.47. The number of benzene rings is 1. The highest BCUT2D eigenvalue weighted by Gasteiger charge is 2.30. The van der Waals surface area contributed by atoms with E-state index in [0.29, 0.717) is 18.6 Å². The van der Waals surface area contributed by atoms with Crippen LogP contribution in [0.3, 0.4) is 0 Å². The molecule has 2 N–H and O–H groups in total. The number of pyridine rings is 1. The van der Waals surface area contributed by atoms with E-state index in [-0.39, 0.29) is 5.56 Å². The highest BCUT2D eigenvalue weighted by molar-refractivity contribution is 5.79. The number of aromatic amines is 1. The third kappa shape index (κ3) is 3.90. The molecule has 0 radical (unpaired) electrons. The molecule has 2 heterocycles. The topological polar surface area (TPSA) is 80.9 Å². The number of tetrazole rings is 1. The molecule has 1 atom stereocenters. The van der Waals surface area contributed by atoms with Gasteiger partial charge in [0.1, 0.15) is 13.1 Å². The van der Waals surface area contributed by atoms with Gasteiger partial charge in [0, 0.05) is 5.52 Å². The zero-order valence-electron chi connectivity index (χ0n) is 17.7. The fourth-order valence-corrected chi connectivity index (χ4v) is 5.40. The van der Waals surface area contributed by atoms with Crippen LogP contribution in [0, 0.1) is 6.92 Å². The largest absolute Gasteiger partial charge is 0.322 e. The Labute approximate surface area is 176 Å². The number of nitrogens with one attached hydrogen (secondary N) is 2. The molecule has 7 heteroatoms. The van der Waals surface area contributed by atoms with Gasteiger partial charge in [0.05, 0.1) is 17.6 Å². The van der Waals surface area contributed by atoms with Crippen molar-refractivity contribution in [1.29, 1.82) is 0 Å². The molecule has 0 bridgehead atoms. The van der Waals surface area contributed by atoms with Crippen LogP contribution in [0.25, 0.3) is 10.9 Å². The third-order valence-corrected chi connectivity index (χ3v) is 7.04. The van der Waals surface area contributed by atoms with Crippen LogP contribution < -0.4 is 10.5 Å². The molecule has 2 aliphatic rings. The molecule has 0 spiro atoms. The van der Waals surface area contributed by atoms with Crippen molar-refractivity contribution in [3.05, 3.63) is 51.6 Å². The first-order valence-corrected chi connectivity index (χ1v) is 11.4. The van der Waals surface area contributed by atoms with Crippen LogP contribution in [0.15, 0.2) is 29.1 Å². The van der Waals surface area contributed by atoms with E-state index >= 15 is 0 Å². The van der Waals surface area contributed by atoms with Gasteiger partial charge in [-0.15, -0.1) is 5.10 Å². The van der Waals surface area contributed by atoms with E-state index in [1.54, 1.807) is 0 Å². The molecular weight excluding hydrogens is 376 g/mol. The smallest absolute Gasteiger partial charge is 0.257 e. The van der Waals surface area contributed by atoms with E-state index in [0.717, 1.165) is 28.8 Å². The van der Waals surface area contributed by atoms with Crippen LogP contribution in [0.1, 0.15) is 74.4 Å². The highest BCUT2D eigenvalue weighted by atomic mass is 16.1. The van der Waals surface area contributed by atoms with Crippen LogP contribution in [0.2, 0.25) is 0 Å². The molecule has 0 aliphatic heterocycles. The SMILES string of the molecule is Cc1ccc2[nH]c(=O)c(C[NH+](Cc3nnnn3C3CCCC3)C3CCCC3)cc2c1. The Morgan fingerprint density at radius 2 is 1.83 bits per heavy atom. The van der Waals surface area contributed by atoms with Gasteiger partial charge in [-0.05, 0) is 79.5 Å². The number of aromatic nitrogens is 5. The van der Waals surface area contributed by atoms with E-state index in [1.807, 2.05) is 12.1 Å². The van der Waals surface area contributed by atoms with Crippen molar-refractivity contribution in [2.24, 2.45) is 0 Å². The summed E-state index contributed by atoms with van der Waals surface area (Å²) in [7, 11) is 0. The van der Waals surface area contributed by atoms with Crippen LogP contribution in [0.5, 0.6) is 0 Å². The number of quaternary nitrogens is 1. The van der Waals surface area contributed by atoms with Crippen molar-refractivity contribution in [3.8, 4) is 0 Å². The minimum Gasteiger partial charge on any atom is -0.322 e. The average molecular weight is 408 g/mol. The van der Waals surface area contributed by atoms with Gasteiger partial charge in [0.25, 0.3) is 5.56 Å². The lowest BCUT2D eigenvalue weighted by Crippen LogP contribution is -3.13. The summed E-state index contributed by atoms with van der Waals surface area (Å²) in [6.45, 7) is 3.57. The standard InChI is InChI=1S/C23H30N6O/c1-16-10-11-21-17(12-16)13-18(23(30)24-21)14-28(19-6-2-3-7-19)15-22-25-26-27-29(22)20-8-4-5-9-20/h10-13,19-20H,2-9,14-15H2,1H3,(H,24,30)/p+1. The van der Waals surface area contributed by atoms with Crippen molar-refractivity contribution in [1.82, 2.24) is 25.2 Å². The summed E-state index contributed by atoms with van der Waals surface area (Å²) in [5.41, 5.74) is 2.99. The van der Waals surface area contributed by atoms with Crippen molar-refractivity contribution >= 4 is 10.9 Å². The summed E-state index contributed by atoms with van der Waals surface area (Å²) in [6.07, 6.45) is 9.82. The number of hydrogen-bond donors (Lipinski definition) is 2.